The summed E-state index contributed by atoms with van der Waals surface area (Å²) < 4.78 is 33.4. The van der Waals surface area contributed by atoms with Gasteiger partial charge in [0.2, 0.25) is 0 Å². The Bertz CT molecular complexity index is 1100. The maximum atomic E-state index is 13.8. The van der Waals surface area contributed by atoms with Crippen molar-refractivity contribution < 1.29 is 12.6 Å². The van der Waals surface area contributed by atoms with Crippen molar-refractivity contribution in [3.8, 4) is 0 Å². The number of benzene rings is 2. The maximum absolute atomic E-state index is 13.8. The third-order valence-electron chi connectivity index (χ3n) is 9.24. The van der Waals surface area contributed by atoms with E-state index in [1.54, 1.807) is 0 Å². The SMILES string of the molecule is CCCCCCCCCCCCOS(=O)(=O)c1c(CCCCCCCCC)cc(CCCCCCCCC)c2ccccc12.N. The number of fused-ring (bicyclic) bond motifs is 1. The minimum Gasteiger partial charge on any atom is -0.344 e. The van der Waals surface area contributed by atoms with Gasteiger partial charge in [-0.05, 0) is 48.6 Å². The second kappa shape index (κ2) is 26.6. The third kappa shape index (κ3) is 17.3. The van der Waals surface area contributed by atoms with E-state index in [1.807, 2.05) is 18.2 Å². The molecule has 0 aliphatic rings. The van der Waals surface area contributed by atoms with Crippen LogP contribution in [0.5, 0.6) is 0 Å². The summed E-state index contributed by atoms with van der Waals surface area (Å²) >= 11 is 0. The first-order valence-corrected chi connectivity index (χ1v) is 20.4. The molecule has 0 fully saturated rings. The normalized spacial score (nSPS) is 11.7. The molecule has 3 N–H and O–H groups in total. The van der Waals surface area contributed by atoms with E-state index in [0.717, 1.165) is 67.7 Å². The molecule has 4 nitrogen and oxygen atoms in total. The first-order chi connectivity index (χ1) is 21.5. The number of aryl methyl sites for hydroxylation is 2. The summed E-state index contributed by atoms with van der Waals surface area (Å²) in [5.41, 5.74) is 2.28. The number of hydrogen-bond acceptors (Lipinski definition) is 4. The first-order valence-electron chi connectivity index (χ1n) is 19.0. The van der Waals surface area contributed by atoms with Crippen molar-refractivity contribution in [2.75, 3.05) is 6.61 Å². The predicted molar refractivity (Wildman–Crippen MR) is 197 cm³/mol. The highest BCUT2D eigenvalue weighted by Crippen LogP contribution is 2.33. The maximum Gasteiger partial charge on any atom is 0.297 e. The molecule has 0 amide bonds. The average Bonchev–Trinajstić information content (AvgIpc) is 3.02. The molecule has 0 unspecified atom stereocenters. The van der Waals surface area contributed by atoms with Crippen LogP contribution in [0.4, 0.5) is 0 Å². The van der Waals surface area contributed by atoms with E-state index in [9.17, 15) is 8.42 Å². The molecule has 0 aromatic heterocycles. The van der Waals surface area contributed by atoms with Gasteiger partial charge in [-0.1, -0.05) is 186 Å². The number of rotatable bonds is 29. The van der Waals surface area contributed by atoms with Crippen molar-refractivity contribution in [1.82, 2.24) is 6.15 Å². The molecule has 0 saturated heterocycles. The standard InChI is InChI=1S/C40H68O3S.H3N/c1-4-7-10-13-16-17-18-21-24-29-34-43-44(41,42)40-37(31-26-23-20-15-12-9-6-3)35-36(38-32-27-28-33-39(38)40)30-25-22-19-14-11-8-5-2;/h27-28,32-33,35H,4-26,29-31,34H2,1-3H3;1H3. The van der Waals surface area contributed by atoms with Gasteiger partial charge in [-0.15, -0.1) is 0 Å². The molecule has 0 aliphatic heterocycles. The van der Waals surface area contributed by atoms with E-state index in [4.69, 9.17) is 4.18 Å². The molecule has 5 heteroatoms. The van der Waals surface area contributed by atoms with Gasteiger partial charge in [0.05, 0.1) is 6.61 Å². The van der Waals surface area contributed by atoms with Crippen LogP contribution in [0.3, 0.4) is 0 Å². The van der Waals surface area contributed by atoms with Crippen LogP contribution in [0.25, 0.3) is 10.8 Å². The lowest BCUT2D eigenvalue weighted by molar-refractivity contribution is 0.306. The summed E-state index contributed by atoms with van der Waals surface area (Å²) in [7, 11) is -3.84. The molecule has 0 heterocycles. The van der Waals surface area contributed by atoms with Gasteiger partial charge in [0.25, 0.3) is 10.1 Å². The number of unbranched alkanes of at least 4 members (excludes halogenated alkanes) is 21. The Hall–Kier alpha value is -1.43. The Morgan fingerprint density at radius 2 is 0.867 bits per heavy atom. The van der Waals surface area contributed by atoms with Crippen molar-refractivity contribution in [1.29, 1.82) is 0 Å². The Morgan fingerprint density at radius 3 is 1.33 bits per heavy atom. The monoisotopic (exact) mass is 646 g/mol. The summed E-state index contributed by atoms with van der Waals surface area (Å²) in [4.78, 5) is 0.439. The second-order valence-electron chi connectivity index (χ2n) is 13.3. The Kier molecular flexibility index (Phi) is 24.6. The van der Waals surface area contributed by atoms with Crippen LogP contribution in [0.2, 0.25) is 0 Å². The lowest BCUT2D eigenvalue weighted by atomic mass is 9.94. The van der Waals surface area contributed by atoms with Crippen LogP contribution >= 0.6 is 0 Å². The van der Waals surface area contributed by atoms with E-state index in [2.05, 4.69) is 32.9 Å². The van der Waals surface area contributed by atoms with Crippen molar-refractivity contribution in [3.63, 3.8) is 0 Å². The van der Waals surface area contributed by atoms with Crippen LogP contribution < -0.4 is 6.15 Å². The van der Waals surface area contributed by atoms with Crippen LogP contribution in [-0.2, 0) is 27.1 Å². The molecular weight excluding hydrogens is 575 g/mol. The van der Waals surface area contributed by atoms with Gasteiger partial charge in [0, 0.05) is 5.39 Å². The number of hydrogen-bond donors (Lipinski definition) is 1. The fourth-order valence-corrected chi connectivity index (χ4v) is 7.92. The zero-order chi connectivity index (χ0) is 31.7. The Balaban J connectivity index is 0.0000101. The average molecular weight is 646 g/mol. The van der Waals surface area contributed by atoms with Gasteiger partial charge in [0.1, 0.15) is 4.90 Å². The van der Waals surface area contributed by atoms with Gasteiger partial charge in [0.15, 0.2) is 0 Å². The topological polar surface area (TPSA) is 78.4 Å². The smallest absolute Gasteiger partial charge is 0.297 e. The molecule has 45 heavy (non-hydrogen) atoms. The molecule has 2 aromatic carbocycles. The molecule has 260 valence electrons. The van der Waals surface area contributed by atoms with Gasteiger partial charge in [-0.3, -0.25) is 4.18 Å². The highest BCUT2D eigenvalue weighted by atomic mass is 32.2. The molecule has 2 rings (SSSR count). The second-order valence-corrected chi connectivity index (χ2v) is 14.8. The van der Waals surface area contributed by atoms with Crippen LogP contribution in [0, 0.1) is 0 Å². The third-order valence-corrected chi connectivity index (χ3v) is 10.7. The van der Waals surface area contributed by atoms with Crippen molar-refractivity contribution in [2.45, 2.75) is 193 Å². The lowest BCUT2D eigenvalue weighted by Gasteiger charge is -2.17. The van der Waals surface area contributed by atoms with Crippen molar-refractivity contribution >= 4 is 20.9 Å². The van der Waals surface area contributed by atoms with Crippen molar-refractivity contribution in [3.05, 3.63) is 41.5 Å². The molecule has 0 bridgehead atoms. The van der Waals surface area contributed by atoms with Gasteiger partial charge >= 0.3 is 0 Å². The van der Waals surface area contributed by atoms with E-state index in [0.29, 0.717) is 4.90 Å². The molecule has 0 saturated carbocycles. The fraction of sp³-hybridized carbons (Fsp3) is 0.750. The van der Waals surface area contributed by atoms with Gasteiger partial charge in [-0.25, -0.2) is 0 Å². The minimum absolute atomic E-state index is 0. The van der Waals surface area contributed by atoms with E-state index in [-0.39, 0.29) is 12.8 Å². The molecule has 0 atom stereocenters. The van der Waals surface area contributed by atoms with Crippen LogP contribution in [0.15, 0.2) is 35.2 Å². The molecule has 0 aliphatic carbocycles. The largest absolute Gasteiger partial charge is 0.344 e. The van der Waals surface area contributed by atoms with Crippen LogP contribution in [0.1, 0.15) is 186 Å². The summed E-state index contributed by atoms with van der Waals surface area (Å²) in [5.74, 6) is 0. The molecule has 0 spiro atoms. The highest BCUT2D eigenvalue weighted by molar-refractivity contribution is 7.87. The zero-order valence-electron chi connectivity index (χ0n) is 29.8. The van der Waals surface area contributed by atoms with E-state index in [1.165, 1.54) is 121 Å². The first kappa shape index (κ1) is 41.6. The predicted octanol–water partition coefficient (Wildman–Crippen LogP) is 13.2. The van der Waals surface area contributed by atoms with Crippen molar-refractivity contribution in [2.24, 2.45) is 0 Å². The highest BCUT2D eigenvalue weighted by Gasteiger charge is 2.24. The van der Waals surface area contributed by atoms with Gasteiger partial charge in [-0.2, -0.15) is 8.42 Å². The molecule has 2 aromatic rings. The quantitative estimate of drug-likeness (QED) is 0.0705. The van der Waals surface area contributed by atoms with Gasteiger partial charge < -0.3 is 6.15 Å². The van der Waals surface area contributed by atoms with Crippen LogP contribution in [-0.4, -0.2) is 15.0 Å². The molecule has 0 radical (unpaired) electrons. The summed E-state index contributed by atoms with van der Waals surface area (Å²) in [6.07, 6.45) is 31.6. The lowest BCUT2D eigenvalue weighted by Crippen LogP contribution is -2.12. The summed E-state index contributed by atoms with van der Waals surface area (Å²) in [6, 6.07) is 10.4. The van der Waals surface area contributed by atoms with E-state index < -0.39 is 10.1 Å². The fourth-order valence-electron chi connectivity index (χ4n) is 6.54. The summed E-state index contributed by atoms with van der Waals surface area (Å²) in [5, 5.41) is 1.94. The summed E-state index contributed by atoms with van der Waals surface area (Å²) in [6.45, 7) is 7.06. The minimum atomic E-state index is -3.84. The molecular formula is C40H71NO3S. The van der Waals surface area contributed by atoms with E-state index >= 15 is 0 Å². The Morgan fingerprint density at radius 1 is 0.489 bits per heavy atom. The zero-order valence-corrected chi connectivity index (χ0v) is 30.6. The Labute approximate surface area is 279 Å².